The highest BCUT2D eigenvalue weighted by molar-refractivity contribution is 5.88. The van der Waals surface area contributed by atoms with Crippen molar-refractivity contribution in [3.05, 3.63) is 59.9 Å². The monoisotopic (exact) mass is 532 g/mol. The molecule has 6 N–H and O–H groups in total. The Morgan fingerprint density at radius 2 is 2.05 bits per heavy atom. The molecule has 0 bridgehead atoms. The second kappa shape index (κ2) is 9.55. The number of nitrogen functional groups attached to an aromatic ring is 1. The van der Waals surface area contributed by atoms with E-state index in [1.807, 2.05) is 0 Å². The number of amides is 1. The molecule has 3 aromatic heterocycles. The Morgan fingerprint density at radius 3 is 2.79 bits per heavy atom. The summed E-state index contributed by atoms with van der Waals surface area (Å²) in [5.41, 5.74) is 10.5. The number of H-pyrrole nitrogens is 1. The van der Waals surface area contributed by atoms with E-state index in [0.29, 0.717) is 13.0 Å². The molecule has 0 saturated carbocycles. The molecule has 1 aliphatic rings. The second-order valence-corrected chi connectivity index (χ2v) is 9.13. The van der Waals surface area contributed by atoms with Crippen LogP contribution in [0.5, 0.6) is 0 Å². The fourth-order valence-corrected chi connectivity index (χ4v) is 4.69. The number of rotatable bonds is 7. The molecule has 1 saturated heterocycles. The molecular formula is C23H24F4N10O. The highest BCUT2D eigenvalue weighted by Gasteiger charge is 2.44. The average molecular weight is 533 g/mol. The number of nitrogens with one attached hydrogen (secondary N) is 2. The number of aromatic amines is 1. The molecule has 0 spiro atoms. The van der Waals surface area contributed by atoms with Crippen molar-refractivity contribution in [2.45, 2.75) is 31.1 Å². The van der Waals surface area contributed by atoms with Crippen LogP contribution in [-0.2, 0) is 23.9 Å². The molecule has 0 radical (unpaired) electrons. The van der Waals surface area contributed by atoms with E-state index in [9.17, 15) is 22.4 Å². The average Bonchev–Trinajstić information content (AvgIpc) is 3.60. The van der Waals surface area contributed by atoms with Gasteiger partial charge in [0.15, 0.2) is 11.5 Å². The number of benzene rings is 1. The molecule has 38 heavy (non-hydrogen) atoms. The first-order valence-corrected chi connectivity index (χ1v) is 11.7. The summed E-state index contributed by atoms with van der Waals surface area (Å²) in [6.45, 7) is 0.0385. The number of carbonyl (C=O) groups is 1. The summed E-state index contributed by atoms with van der Waals surface area (Å²) < 4.78 is 58.3. The lowest BCUT2D eigenvalue weighted by atomic mass is 9.98. The molecule has 11 nitrogen and oxygen atoms in total. The van der Waals surface area contributed by atoms with Gasteiger partial charge in [0.2, 0.25) is 5.91 Å². The first-order valence-electron chi connectivity index (χ1n) is 11.7. The summed E-state index contributed by atoms with van der Waals surface area (Å²) in [5, 5.41) is 2.78. The van der Waals surface area contributed by atoms with Crippen LogP contribution in [-0.4, -0.2) is 60.6 Å². The first-order chi connectivity index (χ1) is 18.1. The molecule has 5 rings (SSSR count). The van der Waals surface area contributed by atoms with Gasteiger partial charge in [0.05, 0.1) is 24.8 Å². The van der Waals surface area contributed by atoms with Crippen molar-refractivity contribution in [1.82, 2.24) is 34.8 Å². The lowest BCUT2D eigenvalue weighted by Gasteiger charge is -2.28. The Balaban J connectivity index is 1.44. The van der Waals surface area contributed by atoms with Gasteiger partial charge in [-0.2, -0.15) is 13.2 Å². The summed E-state index contributed by atoms with van der Waals surface area (Å²) in [6, 6.07) is 2.04. The van der Waals surface area contributed by atoms with Crippen molar-refractivity contribution in [2.24, 2.45) is 5.73 Å². The molecule has 200 valence electrons. The Hall–Kier alpha value is -4.27. The molecule has 4 aromatic rings. The number of imidazole rings is 2. The zero-order chi connectivity index (χ0) is 27.1. The number of hydrogen-bond acceptors (Lipinski definition) is 8. The van der Waals surface area contributed by atoms with E-state index in [2.05, 4.69) is 30.2 Å². The minimum Gasteiger partial charge on any atom is -0.382 e. The summed E-state index contributed by atoms with van der Waals surface area (Å²) in [7, 11) is 0. The minimum atomic E-state index is -4.98. The quantitative estimate of drug-likeness (QED) is 0.262. The minimum absolute atomic E-state index is 0.0569. The molecule has 0 aliphatic carbocycles. The lowest BCUT2D eigenvalue weighted by molar-refractivity contribution is -0.140. The highest BCUT2D eigenvalue weighted by Crippen LogP contribution is 2.40. The number of aromatic nitrogens is 6. The van der Waals surface area contributed by atoms with Crippen molar-refractivity contribution in [1.29, 1.82) is 0 Å². The maximum atomic E-state index is 14.7. The molecule has 1 unspecified atom stereocenters. The molecule has 1 aromatic carbocycles. The van der Waals surface area contributed by atoms with E-state index in [4.69, 9.17) is 11.5 Å². The fourth-order valence-electron chi connectivity index (χ4n) is 4.69. The van der Waals surface area contributed by atoms with Gasteiger partial charge in [0, 0.05) is 49.2 Å². The maximum absolute atomic E-state index is 14.7. The fraction of sp³-hybridized carbons (Fsp3) is 0.348. The number of hydrogen-bond donors (Lipinski definition) is 4. The van der Waals surface area contributed by atoms with Crippen molar-refractivity contribution in [3.8, 4) is 0 Å². The Morgan fingerprint density at radius 1 is 1.24 bits per heavy atom. The third kappa shape index (κ3) is 4.71. The van der Waals surface area contributed by atoms with Crippen LogP contribution in [0.1, 0.15) is 23.2 Å². The number of fused-ring (bicyclic) bond motifs is 1. The number of halogens is 4. The number of carbonyl (C=O) groups excluding carboxylic acids is 1. The number of alkyl halides is 3. The third-order valence-electron chi connectivity index (χ3n) is 6.61. The van der Waals surface area contributed by atoms with Gasteiger partial charge in [0.25, 0.3) is 0 Å². The van der Waals surface area contributed by atoms with Crippen molar-refractivity contribution < 1.29 is 22.4 Å². The van der Waals surface area contributed by atoms with Gasteiger partial charge in [-0.25, -0.2) is 24.3 Å². The molecule has 1 fully saturated rings. The van der Waals surface area contributed by atoms with Crippen molar-refractivity contribution in [3.63, 3.8) is 0 Å². The predicted molar refractivity (Wildman–Crippen MR) is 129 cm³/mol. The maximum Gasteiger partial charge on any atom is 0.419 e. The van der Waals surface area contributed by atoms with E-state index in [0.717, 1.165) is 11.8 Å². The van der Waals surface area contributed by atoms with E-state index in [1.165, 1.54) is 29.6 Å². The smallest absolute Gasteiger partial charge is 0.382 e. The molecule has 15 heteroatoms. The Kier molecular flexibility index (Phi) is 6.38. The number of anilines is 2. The van der Waals surface area contributed by atoms with Crippen molar-refractivity contribution >= 4 is 28.6 Å². The second-order valence-electron chi connectivity index (χ2n) is 9.13. The van der Waals surface area contributed by atoms with Crippen LogP contribution < -0.4 is 21.7 Å². The first kappa shape index (κ1) is 25.4. The van der Waals surface area contributed by atoms with Crippen LogP contribution in [0.2, 0.25) is 0 Å². The van der Waals surface area contributed by atoms with E-state index in [1.54, 1.807) is 11.1 Å². The Labute approximate surface area is 213 Å². The van der Waals surface area contributed by atoms with Gasteiger partial charge in [-0.15, -0.1) is 0 Å². The number of nitrogens with zero attached hydrogens (tertiary/aromatic N) is 6. The van der Waals surface area contributed by atoms with Gasteiger partial charge in [0.1, 0.15) is 23.2 Å². The lowest BCUT2D eigenvalue weighted by Crippen LogP contribution is -2.56. The van der Waals surface area contributed by atoms with Gasteiger partial charge in [-0.1, -0.05) is 0 Å². The summed E-state index contributed by atoms with van der Waals surface area (Å²) in [6.07, 6.45) is 1.33. The van der Waals surface area contributed by atoms with E-state index >= 15 is 0 Å². The molecule has 1 amide bonds. The summed E-state index contributed by atoms with van der Waals surface area (Å²) in [5.74, 6) is -1.77. The SMILES string of the molecule is Nc1ncnc2c1ncn2Cc1c(N2CCC(N)(C(=O)NCCc3cnc[nH]3)C2)ccc(F)c1C(F)(F)F. The summed E-state index contributed by atoms with van der Waals surface area (Å²) in [4.78, 5) is 33.3. The van der Waals surface area contributed by atoms with Crippen LogP contribution in [0.15, 0.2) is 37.3 Å². The highest BCUT2D eigenvalue weighted by atomic mass is 19.4. The van der Waals surface area contributed by atoms with Crippen LogP contribution >= 0.6 is 0 Å². The zero-order valence-corrected chi connectivity index (χ0v) is 20.0. The normalized spacial score (nSPS) is 17.9. The zero-order valence-electron chi connectivity index (χ0n) is 20.0. The molecular weight excluding hydrogens is 508 g/mol. The predicted octanol–water partition coefficient (Wildman–Crippen LogP) is 1.60. The van der Waals surface area contributed by atoms with E-state index < -0.39 is 35.5 Å². The molecule has 1 aliphatic heterocycles. The van der Waals surface area contributed by atoms with Gasteiger partial charge in [-0.3, -0.25) is 4.79 Å². The Bertz CT molecular complexity index is 1470. The topological polar surface area (TPSA) is 157 Å². The summed E-state index contributed by atoms with van der Waals surface area (Å²) >= 11 is 0. The van der Waals surface area contributed by atoms with Gasteiger partial charge >= 0.3 is 6.18 Å². The van der Waals surface area contributed by atoms with E-state index in [-0.39, 0.29) is 47.7 Å². The number of nitrogens with two attached hydrogens (primary N) is 2. The standard InChI is InChI=1S/C23H24F4N10O/c24-15-1-2-16(36-6-4-22(29,9-36)21(38)31-5-3-13-7-30-10-32-13)14(17(15)23(25,26)27)8-37-12-35-18-19(28)33-11-34-20(18)37/h1-2,7,10-12H,3-6,8-9,29H2,(H,30,32)(H,31,38)(H2,28,33,34). The largest absolute Gasteiger partial charge is 0.419 e. The van der Waals surface area contributed by atoms with Crippen LogP contribution in [0, 0.1) is 5.82 Å². The van der Waals surface area contributed by atoms with Crippen LogP contribution in [0.25, 0.3) is 11.2 Å². The van der Waals surface area contributed by atoms with Crippen LogP contribution in [0.4, 0.5) is 29.1 Å². The van der Waals surface area contributed by atoms with Gasteiger partial charge in [-0.05, 0) is 18.6 Å². The molecule has 1 atom stereocenters. The van der Waals surface area contributed by atoms with Crippen LogP contribution in [0.3, 0.4) is 0 Å². The third-order valence-corrected chi connectivity index (χ3v) is 6.61. The van der Waals surface area contributed by atoms with Gasteiger partial charge < -0.3 is 31.2 Å². The van der Waals surface area contributed by atoms with Crippen molar-refractivity contribution in [2.75, 3.05) is 30.3 Å². The molecule has 4 heterocycles.